The number of hydrogen-bond donors (Lipinski definition) is 0. The summed E-state index contributed by atoms with van der Waals surface area (Å²) >= 11 is 0. The molecule has 0 saturated heterocycles. The van der Waals surface area contributed by atoms with Gasteiger partial charge in [0.25, 0.3) is 0 Å². The second kappa shape index (κ2) is 7.19. The molecule has 0 aliphatic heterocycles. The molecule has 0 bridgehead atoms. The third kappa shape index (κ3) is 4.02. The molecule has 20 heavy (non-hydrogen) atoms. The van der Waals surface area contributed by atoms with E-state index in [4.69, 9.17) is 9.47 Å². The molecule has 0 spiro atoms. The highest BCUT2D eigenvalue weighted by Gasteiger charge is 1.90. The van der Waals surface area contributed by atoms with Crippen LogP contribution in [-0.4, -0.2) is 14.2 Å². The van der Waals surface area contributed by atoms with Gasteiger partial charge in [-0.1, -0.05) is 48.6 Å². The highest BCUT2D eigenvalue weighted by Crippen LogP contribution is 2.14. The number of hydrogen-bond acceptors (Lipinski definition) is 2. The van der Waals surface area contributed by atoms with E-state index in [0.717, 1.165) is 22.6 Å². The maximum absolute atomic E-state index is 5.12. The van der Waals surface area contributed by atoms with Gasteiger partial charge in [0.1, 0.15) is 11.5 Å². The summed E-state index contributed by atoms with van der Waals surface area (Å²) in [5.74, 6) is 1.74. The van der Waals surface area contributed by atoms with E-state index in [-0.39, 0.29) is 0 Å². The number of methoxy groups -OCH3 is 2. The van der Waals surface area contributed by atoms with Gasteiger partial charge >= 0.3 is 0 Å². The number of rotatable bonds is 5. The van der Waals surface area contributed by atoms with Crippen LogP contribution in [0.2, 0.25) is 0 Å². The number of benzene rings is 2. The Morgan fingerprint density at radius 1 is 0.600 bits per heavy atom. The Kier molecular flexibility index (Phi) is 5.01. The molecule has 0 unspecified atom stereocenters. The van der Waals surface area contributed by atoms with Crippen molar-refractivity contribution in [1.82, 2.24) is 0 Å². The second-order valence-electron chi connectivity index (χ2n) is 4.26. The lowest BCUT2D eigenvalue weighted by molar-refractivity contribution is 0.414. The summed E-state index contributed by atoms with van der Waals surface area (Å²) in [5.41, 5.74) is 2.29. The van der Waals surface area contributed by atoms with Crippen LogP contribution in [0.15, 0.2) is 60.7 Å². The zero-order valence-corrected chi connectivity index (χ0v) is 11.7. The summed E-state index contributed by atoms with van der Waals surface area (Å²) in [4.78, 5) is 0. The van der Waals surface area contributed by atoms with Crippen molar-refractivity contribution >= 4 is 12.2 Å². The summed E-state index contributed by atoms with van der Waals surface area (Å²) in [6, 6.07) is 15.9. The minimum absolute atomic E-state index is 0.871. The predicted octanol–water partition coefficient (Wildman–Crippen LogP) is 4.43. The SMILES string of the molecule is COc1ccc(/C=C/C=C/c2ccc(OC)cc2)cc1. The predicted molar refractivity (Wildman–Crippen MR) is 84.1 cm³/mol. The van der Waals surface area contributed by atoms with E-state index in [1.54, 1.807) is 14.2 Å². The molecule has 2 rings (SSSR count). The standard InChI is InChI=1S/C18H18O2/c1-19-17-11-7-15(8-12-17)5-3-4-6-16-9-13-18(20-2)14-10-16/h3-14H,1-2H3/b5-3+,6-4+. The van der Waals surface area contributed by atoms with Gasteiger partial charge < -0.3 is 9.47 Å². The number of allylic oxidation sites excluding steroid dienone is 2. The van der Waals surface area contributed by atoms with Gasteiger partial charge in [0, 0.05) is 0 Å². The Hall–Kier alpha value is -2.48. The van der Waals surface area contributed by atoms with Gasteiger partial charge in [-0.3, -0.25) is 0 Å². The first-order valence-electron chi connectivity index (χ1n) is 6.44. The molecule has 0 fully saturated rings. The Morgan fingerprint density at radius 2 is 0.950 bits per heavy atom. The van der Waals surface area contributed by atoms with Crippen LogP contribution in [0.4, 0.5) is 0 Å². The maximum atomic E-state index is 5.12. The fourth-order valence-corrected chi connectivity index (χ4v) is 1.76. The van der Waals surface area contributed by atoms with Crippen molar-refractivity contribution in [2.45, 2.75) is 0 Å². The first-order valence-corrected chi connectivity index (χ1v) is 6.44. The summed E-state index contributed by atoms with van der Waals surface area (Å²) < 4.78 is 10.2. The first-order chi connectivity index (χ1) is 9.81. The molecule has 0 saturated carbocycles. The molecule has 0 aliphatic rings. The van der Waals surface area contributed by atoms with Crippen molar-refractivity contribution in [2.24, 2.45) is 0 Å². The maximum Gasteiger partial charge on any atom is 0.118 e. The molecular formula is C18H18O2. The Balaban J connectivity index is 1.95. The molecule has 0 heterocycles. The molecule has 0 radical (unpaired) electrons. The second-order valence-corrected chi connectivity index (χ2v) is 4.26. The van der Waals surface area contributed by atoms with Crippen molar-refractivity contribution in [1.29, 1.82) is 0 Å². The van der Waals surface area contributed by atoms with E-state index < -0.39 is 0 Å². The van der Waals surface area contributed by atoms with Gasteiger partial charge in [0.2, 0.25) is 0 Å². The topological polar surface area (TPSA) is 18.5 Å². The van der Waals surface area contributed by atoms with Crippen molar-refractivity contribution in [3.63, 3.8) is 0 Å². The van der Waals surface area contributed by atoms with Gasteiger partial charge in [-0.15, -0.1) is 0 Å². The third-order valence-corrected chi connectivity index (χ3v) is 2.92. The van der Waals surface area contributed by atoms with Crippen molar-refractivity contribution in [2.75, 3.05) is 14.2 Å². The minimum atomic E-state index is 0.871. The lowest BCUT2D eigenvalue weighted by Crippen LogP contribution is -1.81. The molecule has 0 aromatic heterocycles. The van der Waals surface area contributed by atoms with Crippen LogP contribution in [-0.2, 0) is 0 Å². The monoisotopic (exact) mass is 266 g/mol. The molecule has 2 aromatic rings. The van der Waals surface area contributed by atoms with E-state index in [0.29, 0.717) is 0 Å². The van der Waals surface area contributed by atoms with Crippen LogP contribution < -0.4 is 9.47 Å². The lowest BCUT2D eigenvalue weighted by Gasteiger charge is -1.99. The molecule has 2 aromatic carbocycles. The molecule has 0 aliphatic carbocycles. The smallest absolute Gasteiger partial charge is 0.118 e. The van der Waals surface area contributed by atoms with Crippen LogP contribution in [0.1, 0.15) is 11.1 Å². The molecule has 2 heteroatoms. The summed E-state index contributed by atoms with van der Waals surface area (Å²) in [5, 5.41) is 0. The van der Waals surface area contributed by atoms with Gasteiger partial charge in [0.05, 0.1) is 14.2 Å². The molecular weight excluding hydrogens is 248 g/mol. The van der Waals surface area contributed by atoms with Crippen LogP contribution in [0.3, 0.4) is 0 Å². The van der Waals surface area contributed by atoms with Gasteiger partial charge in [-0.2, -0.15) is 0 Å². The van der Waals surface area contributed by atoms with E-state index in [1.807, 2.05) is 60.7 Å². The molecule has 2 nitrogen and oxygen atoms in total. The molecule has 0 amide bonds. The molecule has 0 atom stereocenters. The van der Waals surface area contributed by atoms with Crippen LogP contribution in [0.5, 0.6) is 11.5 Å². The zero-order valence-electron chi connectivity index (χ0n) is 11.7. The largest absolute Gasteiger partial charge is 0.497 e. The highest BCUT2D eigenvalue weighted by molar-refractivity contribution is 5.58. The lowest BCUT2D eigenvalue weighted by atomic mass is 10.2. The average Bonchev–Trinajstić information content (AvgIpc) is 2.53. The molecule has 102 valence electrons. The van der Waals surface area contributed by atoms with E-state index >= 15 is 0 Å². The Bertz CT molecular complexity index is 522. The van der Waals surface area contributed by atoms with E-state index in [1.165, 1.54) is 0 Å². The van der Waals surface area contributed by atoms with Crippen molar-refractivity contribution in [3.8, 4) is 11.5 Å². The fourth-order valence-electron chi connectivity index (χ4n) is 1.76. The van der Waals surface area contributed by atoms with Crippen LogP contribution in [0.25, 0.3) is 12.2 Å². The minimum Gasteiger partial charge on any atom is -0.497 e. The van der Waals surface area contributed by atoms with E-state index in [9.17, 15) is 0 Å². The van der Waals surface area contributed by atoms with Crippen molar-refractivity contribution in [3.05, 3.63) is 71.8 Å². The first kappa shape index (κ1) is 13.9. The zero-order chi connectivity index (χ0) is 14.2. The van der Waals surface area contributed by atoms with Gasteiger partial charge in [0.15, 0.2) is 0 Å². The summed E-state index contributed by atoms with van der Waals surface area (Å²) in [6.45, 7) is 0. The van der Waals surface area contributed by atoms with Crippen LogP contribution >= 0.6 is 0 Å². The van der Waals surface area contributed by atoms with Gasteiger partial charge in [-0.25, -0.2) is 0 Å². The Morgan fingerprint density at radius 3 is 1.25 bits per heavy atom. The summed E-state index contributed by atoms with van der Waals surface area (Å²) in [6.07, 6.45) is 8.15. The normalized spacial score (nSPS) is 11.1. The van der Waals surface area contributed by atoms with E-state index in [2.05, 4.69) is 12.2 Å². The third-order valence-electron chi connectivity index (χ3n) is 2.92. The van der Waals surface area contributed by atoms with Crippen molar-refractivity contribution < 1.29 is 9.47 Å². The average molecular weight is 266 g/mol. The quantitative estimate of drug-likeness (QED) is 0.745. The molecule has 0 N–H and O–H groups in total. The summed E-state index contributed by atoms with van der Waals surface area (Å²) in [7, 11) is 3.34. The highest BCUT2D eigenvalue weighted by atomic mass is 16.5. The fraction of sp³-hybridized carbons (Fsp3) is 0.111. The Labute approximate surface area is 120 Å². The van der Waals surface area contributed by atoms with Gasteiger partial charge in [-0.05, 0) is 35.4 Å². The van der Waals surface area contributed by atoms with Crippen LogP contribution in [0, 0.1) is 0 Å². The number of ether oxygens (including phenoxy) is 2.